The van der Waals surface area contributed by atoms with Crippen LogP contribution in [-0.2, 0) is 19.1 Å². The largest absolute Gasteiger partial charge is 0.490 e. The molecule has 2 aromatic heterocycles. The van der Waals surface area contributed by atoms with E-state index < -0.39 is 18.0 Å². The minimum Gasteiger partial charge on any atom is -0.490 e. The van der Waals surface area contributed by atoms with Crippen LogP contribution in [0.4, 0.5) is 0 Å². The van der Waals surface area contributed by atoms with Crippen LogP contribution in [0.2, 0.25) is 0 Å². The SMILES string of the molecule is CCOC(=O)C1=C(C)N=c2s/c(=C\c3cc(C)n(-c4cccc(C)c4)c3C)c(=O)n2[C@H]1c1ccc(OCC(=O)OC)c(OCC)c1. The summed E-state index contributed by atoms with van der Waals surface area (Å²) in [7, 11) is 1.28. The Balaban J connectivity index is 1.67. The Morgan fingerprint density at radius 1 is 0.978 bits per heavy atom. The number of rotatable bonds is 10. The van der Waals surface area contributed by atoms with Crippen LogP contribution in [0.5, 0.6) is 11.5 Å². The van der Waals surface area contributed by atoms with Crippen LogP contribution in [0, 0.1) is 20.8 Å². The summed E-state index contributed by atoms with van der Waals surface area (Å²) in [5.74, 6) is -0.423. The van der Waals surface area contributed by atoms with Crippen molar-refractivity contribution >= 4 is 29.4 Å². The van der Waals surface area contributed by atoms with Gasteiger partial charge in [-0.2, -0.15) is 0 Å². The Morgan fingerprint density at radius 2 is 1.76 bits per heavy atom. The standard InChI is InChI=1S/C35H37N3O7S/c1-8-43-28-17-24(13-14-27(28)45-19-30(39)42-7)32-31(34(41)44-9-2)22(5)36-35-38(32)33(40)29(46-35)18-25-16-21(4)37(23(25)6)26-12-10-11-20(3)15-26/h10-18,32H,8-9,19H2,1-7H3/b29-18-/t32-/m0/s1. The number of carbonyl (C=O) groups is 2. The van der Waals surface area contributed by atoms with Crippen LogP contribution < -0.4 is 24.4 Å². The van der Waals surface area contributed by atoms with Crippen molar-refractivity contribution in [2.45, 2.75) is 47.6 Å². The molecule has 0 radical (unpaired) electrons. The molecule has 0 aliphatic carbocycles. The van der Waals surface area contributed by atoms with E-state index >= 15 is 0 Å². The molecule has 0 spiro atoms. The zero-order valence-corrected chi connectivity index (χ0v) is 27.8. The number of benzene rings is 2. The first kappa shape index (κ1) is 32.5. The Kier molecular flexibility index (Phi) is 9.62. The molecule has 11 heteroatoms. The third-order valence-corrected chi connectivity index (χ3v) is 8.67. The molecule has 46 heavy (non-hydrogen) atoms. The summed E-state index contributed by atoms with van der Waals surface area (Å²) in [5, 5.41) is 0. The summed E-state index contributed by atoms with van der Waals surface area (Å²) < 4.78 is 25.8. The normalized spacial score (nSPS) is 14.5. The molecule has 0 saturated heterocycles. The lowest BCUT2D eigenvalue weighted by Gasteiger charge is -2.25. The molecular formula is C35H37N3O7S. The van der Waals surface area contributed by atoms with Crippen LogP contribution >= 0.6 is 11.3 Å². The average molecular weight is 644 g/mol. The maximum Gasteiger partial charge on any atom is 0.343 e. The van der Waals surface area contributed by atoms with Gasteiger partial charge in [0.05, 0.1) is 42.2 Å². The van der Waals surface area contributed by atoms with Crippen molar-refractivity contribution in [1.29, 1.82) is 0 Å². The lowest BCUT2D eigenvalue weighted by Crippen LogP contribution is -2.40. The van der Waals surface area contributed by atoms with E-state index in [4.69, 9.17) is 23.9 Å². The topological polar surface area (TPSA) is 110 Å². The van der Waals surface area contributed by atoms with Crippen LogP contribution in [0.3, 0.4) is 0 Å². The molecule has 0 saturated carbocycles. The van der Waals surface area contributed by atoms with E-state index in [0.29, 0.717) is 38.7 Å². The fraction of sp³-hybridized carbons (Fsp3) is 0.314. The van der Waals surface area contributed by atoms with Gasteiger partial charge in [-0.15, -0.1) is 0 Å². The maximum atomic E-state index is 14.2. The van der Waals surface area contributed by atoms with Gasteiger partial charge in [0, 0.05) is 17.1 Å². The van der Waals surface area contributed by atoms with E-state index in [1.54, 1.807) is 32.0 Å². The second-order valence-electron chi connectivity index (χ2n) is 10.8. The zero-order valence-electron chi connectivity index (χ0n) is 27.0. The highest BCUT2D eigenvalue weighted by atomic mass is 32.1. The lowest BCUT2D eigenvalue weighted by molar-refractivity contribution is -0.143. The molecule has 1 atom stereocenters. The summed E-state index contributed by atoms with van der Waals surface area (Å²) in [6.07, 6.45) is 1.88. The van der Waals surface area contributed by atoms with Gasteiger partial charge in [0.15, 0.2) is 22.9 Å². The fourth-order valence-corrected chi connectivity index (χ4v) is 6.66. The van der Waals surface area contributed by atoms with Crippen molar-refractivity contribution in [3.63, 3.8) is 0 Å². The first-order valence-corrected chi connectivity index (χ1v) is 15.8. The Bertz CT molecular complexity index is 2030. The molecule has 2 aromatic carbocycles. The Morgan fingerprint density at radius 3 is 2.46 bits per heavy atom. The van der Waals surface area contributed by atoms with Gasteiger partial charge in [-0.05, 0) is 94.6 Å². The number of methoxy groups -OCH3 is 1. The van der Waals surface area contributed by atoms with Gasteiger partial charge in [-0.1, -0.05) is 29.5 Å². The van der Waals surface area contributed by atoms with Gasteiger partial charge in [0.25, 0.3) is 5.56 Å². The molecule has 240 valence electrons. The molecule has 0 bridgehead atoms. The quantitative estimate of drug-likeness (QED) is 0.235. The molecule has 0 fully saturated rings. The number of aromatic nitrogens is 2. The molecule has 0 amide bonds. The predicted octanol–water partition coefficient (Wildman–Crippen LogP) is 4.46. The number of hydrogen-bond donors (Lipinski definition) is 0. The molecule has 1 aliphatic heterocycles. The number of hydrogen-bond acceptors (Lipinski definition) is 9. The van der Waals surface area contributed by atoms with Gasteiger partial charge in [0.2, 0.25) is 0 Å². The summed E-state index contributed by atoms with van der Waals surface area (Å²) in [5.41, 5.74) is 6.17. The number of ether oxygens (including phenoxy) is 4. The van der Waals surface area contributed by atoms with E-state index in [9.17, 15) is 14.4 Å². The minimum atomic E-state index is -0.842. The van der Waals surface area contributed by atoms with Crippen molar-refractivity contribution in [3.8, 4) is 17.2 Å². The first-order valence-electron chi connectivity index (χ1n) is 15.0. The molecule has 3 heterocycles. The van der Waals surface area contributed by atoms with E-state index in [2.05, 4.69) is 35.8 Å². The van der Waals surface area contributed by atoms with E-state index in [1.165, 1.54) is 23.0 Å². The highest BCUT2D eigenvalue weighted by Gasteiger charge is 2.34. The van der Waals surface area contributed by atoms with Crippen LogP contribution in [-0.4, -0.2) is 48.0 Å². The summed E-state index contributed by atoms with van der Waals surface area (Å²) in [6.45, 7) is 11.6. The Hall–Kier alpha value is -4.90. The highest BCUT2D eigenvalue weighted by Crippen LogP contribution is 2.36. The van der Waals surface area contributed by atoms with Crippen molar-refractivity contribution < 1.29 is 28.5 Å². The van der Waals surface area contributed by atoms with Gasteiger partial charge in [-0.25, -0.2) is 14.6 Å². The minimum absolute atomic E-state index is 0.161. The van der Waals surface area contributed by atoms with Crippen molar-refractivity contribution in [2.75, 3.05) is 26.9 Å². The second-order valence-corrected chi connectivity index (χ2v) is 11.8. The van der Waals surface area contributed by atoms with E-state index in [1.807, 2.05) is 32.9 Å². The number of carbonyl (C=O) groups excluding carboxylic acids is 2. The second kappa shape index (κ2) is 13.6. The smallest absolute Gasteiger partial charge is 0.343 e. The average Bonchev–Trinajstić information content (AvgIpc) is 3.48. The first-order chi connectivity index (χ1) is 22.1. The fourth-order valence-electron chi connectivity index (χ4n) is 5.62. The number of thiazole rings is 1. The molecule has 0 N–H and O–H groups in total. The Labute approximate surface area is 270 Å². The third kappa shape index (κ3) is 6.28. The van der Waals surface area contributed by atoms with Crippen LogP contribution in [0.1, 0.15) is 54.9 Å². The van der Waals surface area contributed by atoms with Gasteiger partial charge in [0.1, 0.15) is 0 Å². The van der Waals surface area contributed by atoms with Gasteiger partial charge < -0.3 is 23.5 Å². The molecule has 4 aromatic rings. The molecule has 1 aliphatic rings. The van der Waals surface area contributed by atoms with E-state index in [0.717, 1.165) is 28.2 Å². The van der Waals surface area contributed by atoms with Gasteiger partial charge in [-0.3, -0.25) is 9.36 Å². The molecule has 0 unspecified atom stereocenters. The number of aryl methyl sites for hydroxylation is 2. The zero-order chi connectivity index (χ0) is 33.1. The monoisotopic (exact) mass is 643 g/mol. The lowest BCUT2D eigenvalue weighted by atomic mass is 9.95. The molecular weight excluding hydrogens is 606 g/mol. The van der Waals surface area contributed by atoms with Gasteiger partial charge >= 0.3 is 11.9 Å². The summed E-state index contributed by atoms with van der Waals surface area (Å²) in [6, 6.07) is 14.6. The van der Waals surface area contributed by atoms with Crippen LogP contribution in [0.15, 0.2) is 69.6 Å². The molecule has 10 nitrogen and oxygen atoms in total. The van der Waals surface area contributed by atoms with E-state index in [-0.39, 0.29) is 24.3 Å². The number of esters is 2. The van der Waals surface area contributed by atoms with Crippen molar-refractivity contribution in [3.05, 3.63) is 108 Å². The van der Waals surface area contributed by atoms with Crippen molar-refractivity contribution in [2.24, 2.45) is 4.99 Å². The summed E-state index contributed by atoms with van der Waals surface area (Å²) in [4.78, 5) is 44.5. The highest BCUT2D eigenvalue weighted by molar-refractivity contribution is 7.07. The maximum absolute atomic E-state index is 14.2. The molecule has 5 rings (SSSR count). The predicted molar refractivity (Wildman–Crippen MR) is 176 cm³/mol. The van der Waals surface area contributed by atoms with Crippen molar-refractivity contribution in [1.82, 2.24) is 9.13 Å². The van der Waals surface area contributed by atoms with Crippen LogP contribution in [0.25, 0.3) is 11.8 Å². The number of allylic oxidation sites excluding steroid dienone is 1. The number of nitrogens with zero attached hydrogens (tertiary/aromatic N) is 3. The summed E-state index contributed by atoms with van der Waals surface area (Å²) >= 11 is 1.26. The third-order valence-electron chi connectivity index (χ3n) is 7.69. The number of fused-ring (bicyclic) bond motifs is 1.